The molecule has 0 spiro atoms. The fourth-order valence-corrected chi connectivity index (χ4v) is 5.41. The lowest BCUT2D eigenvalue weighted by Crippen LogP contribution is -2.36. The average molecular weight is 509 g/mol. The summed E-state index contributed by atoms with van der Waals surface area (Å²) in [5, 5.41) is 13.5. The SMILES string of the molecule is [N-]=[N+]=N[C@H]1C(n2ccc(=O)[nH]c2=O)O[C@H](COP(=O)(O)OP(=O)(O)OP(=O)(O)O)[C@H]1O. The van der Waals surface area contributed by atoms with E-state index in [2.05, 4.69) is 23.2 Å². The molecule has 3 unspecified atom stereocenters. The molecule has 19 nitrogen and oxygen atoms in total. The highest BCUT2D eigenvalue weighted by Gasteiger charge is 2.47. The first-order chi connectivity index (χ1) is 14.1. The van der Waals surface area contributed by atoms with Crippen LogP contribution in [0.2, 0.25) is 0 Å². The third-order valence-corrected chi connectivity index (χ3v) is 7.27. The number of aliphatic hydroxyl groups is 1. The second-order valence-corrected chi connectivity index (χ2v) is 10.1. The van der Waals surface area contributed by atoms with Crippen LogP contribution in [-0.4, -0.2) is 59.1 Å². The largest absolute Gasteiger partial charge is 0.490 e. The van der Waals surface area contributed by atoms with Crippen molar-refractivity contribution in [1.82, 2.24) is 9.55 Å². The summed E-state index contributed by atoms with van der Waals surface area (Å²) in [6.07, 6.45) is -3.86. The van der Waals surface area contributed by atoms with Crippen molar-refractivity contribution in [3.05, 3.63) is 43.5 Å². The molecule has 0 aliphatic carbocycles. The fraction of sp³-hybridized carbons (Fsp3) is 0.556. The normalized spacial score (nSPS) is 27.8. The number of phosphoric acid groups is 3. The number of nitrogens with zero attached hydrogens (tertiary/aromatic N) is 4. The molecule has 1 fully saturated rings. The van der Waals surface area contributed by atoms with Crippen molar-refractivity contribution in [3.8, 4) is 0 Å². The van der Waals surface area contributed by atoms with Gasteiger partial charge in [-0.25, -0.2) is 18.5 Å². The van der Waals surface area contributed by atoms with Crippen molar-refractivity contribution in [2.75, 3.05) is 6.61 Å². The molecular formula is C9H14N5O14P3. The predicted molar refractivity (Wildman–Crippen MR) is 94.0 cm³/mol. The van der Waals surface area contributed by atoms with Crippen LogP contribution in [0.3, 0.4) is 0 Å². The van der Waals surface area contributed by atoms with Crippen LogP contribution >= 0.6 is 23.5 Å². The number of aromatic nitrogens is 2. The van der Waals surface area contributed by atoms with E-state index < -0.39 is 65.8 Å². The minimum Gasteiger partial charge on any atom is -0.390 e. The number of rotatable bonds is 9. The first kappa shape index (κ1) is 25.6. The summed E-state index contributed by atoms with van der Waals surface area (Å²) in [6, 6.07) is -0.563. The maximum atomic E-state index is 11.9. The summed E-state index contributed by atoms with van der Waals surface area (Å²) in [6.45, 7) is -1.06. The number of aliphatic hydroxyl groups excluding tert-OH is 1. The summed E-state index contributed by atoms with van der Waals surface area (Å²) in [5.74, 6) is 0. The Kier molecular flexibility index (Phi) is 7.79. The molecule has 0 saturated carbocycles. The maximum absolute atomic E-state index is 11.9. The number of azide groups is 1. The van der Waals surface area contributed by atoms with Crippen molar-refractivity contribution in [2.24, 2.45) is 5.11 Å². The van der Waals surface area contributed by atoms with E-state index in [9.17, 15) is 33.3 Å². The van der Waals surface area contributed by atoms with Crippen molar-refractivity contribution in [2.45, 2.75) is 24.5 Å². The molecule has 6 N–H and O–H groups in total. The standard InChI is InChI=1S/C9H14N5O14P3/c10-13-12-6-7(16)4(26-8(6)14-2-1-5(15)11-9(14)17)3-25-30(21,22)28-31(23,24)27-29(18,19)20/h1-2,4,6-8,16H,3H2,(H,21,22)(H,23,24)(H,11,15,17)(H2,18,19,20)/t4-,6-,7-,8?/m1/s1. The highest BCUT2D eigenvalue weighted by atomic mass is 31.3. The molecule has 31 heavy (non-hydrogen) atoms. The van der Waals surface area contributed by atoms with Gasteiger partial charge in [-0.3, -0.25) is 18.9 Å². The van der Waals surface area contributed by atoms with E-state index in [1.165, 1.54) is 0 Å². The lowest BCUT2D eigenvalue weighted by molar-refractivity contribution is -0.0455. The summed E-state index contributed by atoms with van der Waals surface area (Å²) < 4.78 is 51.1. The Morgan fingerprint density at radius 1 is 1.19 bits per heavy atom. The molecular weight excluding hydrogens is 495 g/mol. The summed E-state index contributed by atoms with van der Waals surface area (Å²) >= 11 is 0. The van der Waals surface area contributed by atoms with E-state index in [-0.39, 0.29) is 0 Å². The van der Waals surface area contributed by atoms with Crippen LogP contribution in [0.25, 0.3) is 10.4 Å². The van der Waals surface area contributed by atoms with E-state index in [4.69, 9.17) is 24.9 Å². The second kappa shape index (κ2) is 9.44. The Balaban J connectivity index is 2.16. The Morgan fingerprint density at radius 2 is 1.84 bits per heavy atom. The first-order valence-electron chi connectivity index (χ1n) is 7.62. The van der Waals surface area contributed by atoms with Gasteiger partial charge in [0.2, 0.25) is 0 Å². The zero-order valence-corrected chi connectivity index (χ0v) is 17.4. The molecule has 0 amide bonds. The Labute approximate surface area is 169 Å². The molecule has 2 rings (SSSR count). The Hall–Kier alpha value is -1.68. The van der Waals surface area contributed by atoms with Gasteiger partial charge < -0.3 is 29.4 Å². The van der Waals surface area contributed by atoms with Gasteiger partial charge >= 0.3 is 29.2 Å². The molecule has 1 aromatic heterocycles. The minimum atomic E-state index is -5.76. The quantitative estimate of drug-likeness (QED) is 0.0988. The molecule has 0 aromatic carbocycles. The van der Waals surface area contributed by atoms with E-state index in [1.54, 1.807) is 0 Å². The van der Waals surface area contributed by atoms with Crippen molar-refractivity contribution in [1.29, 1.82) is 0 Å². The maximum Gasteiger partial charge on any atom is 0.490 e. The Morgan fingerprint density at radius 3 is 2.39 bits per heavy atom. The first-order valence-corrected chi connectivity index (χ1v) is 12.1. The third kappa shape index (κ3) is 7.17. The van der Waals surface area contributed by atoms with E-state index in [1.807, 2.05) is 4.98 Å². The molecule has 6 atom stereocenters. The molecule has 22 heteroatoms. The number of ether oxygens (including phenoxy) is 1. The molecule has 0 radical (unpaired) electrons. The summed E-state index contributed by atoms with van der Waals surface area (Å²) in [7, 11) is -16.9. The van der Waals surface area contributed by atoms with Gasteiger partial charge in [-0.1, -0.05) is 5.11 Å². The van der Waals surface area contributed by atoms with Gasteiger partial charge in [0.15, 0.2) is 0 Å². The topological polar surface area (TPSA) is 293 Å². The average Bonchev–Trinajstić information content (AvgIpc) is 2.86. The van der Waals surface area contributed by atoms with Crippen LogP contribution in [0.15, 0.2) is 27.0 Å². The van der Waals surface area contributed by atoms with Crippen LogP contribution in [0.5, 0.6) is 0 Å². The van der Waals surface area contributed by atoms with Gasteiger partial charge in [0.05, 0.1) is 12.7 Å². The van der Waals surface area contributed by atoms with Gasteiger partial charge in [-0.15, -0.1) is 0 Å². The van der Waals surface area contributed by atoms with Crippen LogP contribution in [0, 0.1) is 0 Å². The van der Waals surface area contributed by atoms with Crippen molar-refractivity contribution < 1.29 is 56.3 Å². The van der Waals surface area contributed by atoms with Gasteiger partial charge in [0.1, 0.15) is 18.4 Å². The minimum absolute atomic E-state index is 0.745. The van der Waals surface area contributed by atoms with E-state index in [0.29, 0.717) is 0 Å². The third-order valence-electron chi connectivity index (χ3n) is 3.47. The van der Waals surface area contributed by atoms with Crippen molar-refractivity contribution >= 4 is 23.5 Å². The number of hydrogen-bond donors (Lipinski definition) is 6. The monoisotopic (exact) mass is 509 g/mol. The number of phosphoric ester groups is 1. The van der Waals surface area contributed by atoms with Crippen LogP contribution in [0.4, 0.5) is 0 Å². The van der Waals surface area contributed by atoms with Gasteiger partial charge in [0, 0.05) is 17.2 Å². The molecule has 0 bridgehead atoms. The number of nitrogens with one attached hydrogen (secondary N) is 1. The number of hydrogen-bond acceptors (Lipinski definition) is 11. The zero-order valence-electron chi connectivity index (χ0n) is 14.7. The lowest BCUT2D eigenvalue weighted by Gasteiger charge is -2.19. The van der Waals surface area contributed by atoms with Crippen LogP contribution in [-0.2, 0) is 31.6 Å². The number of aromatic amines is 1. The van der Waals surface area contributed by atoms with Gasteiger partial charge in [0.25, 0.3) is 5.56 Å². The Bertz CT molecular complexity index is 1120. The van der Waals surface area contributed by atoms with Gasteiger partial charge in [-0.2, -0.15) is 8.62 Å². The molecule has 1 aliphatic heterocycles. The predicted octanol–water partition coefficient (Wildman–Crippen LogP) is -1.18. The molecule has 1 saturated heterocycles. The molecule has 1 aromatic rings. The fourth-order valence-electron chi connectivity index (χ4n) is 2.38. The van der Waals surface area contributed by atoms with Crippen LogP contribution in [0.1, 0.15) is 6.23 Å². The second-order valence-electron chi connectivity index (χ2n) is 5.66. The molecule has 2 heterocycles. The van der Waals surface area contributed by atoms with Gasteiger partial charge in [-0.05, 0) is 5.53 Å². The molecule has 174 valence electrons. The highest BCUT2D eigenvalue weighted by Crippen LogP contribution is 2.66. The molecule has 1 aliphatic rings. The van der Waals surface area contributed by atoms with Crippen LogP contribution < -0.4 is 11.2 Å². The summed E-state index contributed by atoms with van der Waals surface area (Å²) in [5.41, 5.74) is 6.90. The van der Waals surface area contributed by atoms with E-state index >= 15 is 0 Å². The summed E-state index contributed by atoms with van der Waals surface area (Å²) in [4.78, 5) is 62.9. The zero-order chi connectivity index (χ0) is 23.6. The number of H-pyrrole nitrogens is 1. The van der Waals surface area contributed by atoms with E-state index in [0.717, 1.165) is 16.8 Å². The smallest absolute Gasteiger partial charge is 0.390 e. The van der Waals surface area contributed by atoms with Crippen molar-refractivity contribution in [3.63, 3.8) is 0 Å². The lowest BCUT2D eigenvalue weighted by atomic mass is 10.1. The highest BCUT2D eigenvalue weighted by molar-refractivity contribution is 7.66.